The minimum absolute atomic E-state index is 0.244. The molecule has 2 aromatic carbocycles. The lowest BCUT2D eigenvalue weighted by atomic mass is 10.1. The van der Waals surface area contributed by atoms with E-state index in [0.29, 0.717) is 55.1 Å². The fourth-order valence-corrected chi connectivity index (χ4v) is 4.05. The minimum Gasteiger partial charge on any atom is -0.492 e. The highest BCUT2D eigenvalue weighted by Crippen LogP contribution is 2.39. The molecular formula is C27H33N5O4. The van der Waals surface area contributed by atoms with Crippen LogP contribution in [0.2, 0.25) is 0 Å². The van der Waals surface area contributed by atoms with Gasteiger partial charge in [0.2, 0.25) is 5.95 Å². The zero-order valence-corrected chi connectivity index (χ0v) is 21.3. The predicted octanol–water partition coefficient (Wildman–Crippen LogP) is 4.72. The first kappa shape index (κ1) is 25.2. The highest BCUT2D eigenvalue weighted by molar-refractivity contribution is 6.05. The topological polar surface area (TPSA) is 97.8 Å². The molecule has 1 aliphatic heterocycles. The number of carbonyl (C=O) groups is 1. The van der Waals surface area contributed by atoms with E-state index in [-0.39, 0.29) is 5.91 Å². The summed E-state index contributed by atoms with van der Waals surface area (Å²) in [5, 5.41) is 6.17. The smallest absolute Gasteiger partial charge is 0.255 e. The van der Waals surface area contributed by atoms with Gasteiger partial charge in [-0.2, -0.15) is 0 Å². The van der Waals surface area contributed by atoms with E-state index in [0.717, 1.165) is 35.9 Å². The Bertz CT molecular complexity index is 1170. The maximum atomic E-state index is 13.1. The second-order valence-electron chi connectivity index (χ2n) is 8.41. The van der Waals surface area contributed by atoms with Gasteiger partial charge in [0.25, 0.3) is 5.91 Å². The summed E-state index contributed by atoms with van der Waals surface area (Å²) in [6.45, 7) is 11.6. The molecule has 0 spiro atoms. The summed E-state index contributed by atoms with van der Waals surface area (Å²) in [6, 6.07) is 12.9. The van der Waals surface area contributed by atoms with Crippen LogP contribution in [0.4, 0.5) is 23.0 Å². The summed E-state index contributed by atoms with van der Waals surface area (Å²) in [7, 11) is 0. The molecule has 1 fully saturated rings. The van der Waals surface area contributed by atoms with Crippen molar-refractivity contribution in [3.05, 3.63) is 59.4 Å². The van der Waals surface area contributed by atoms with Gasteiger partial charge < -0.3 is 29.7 Å². The third-order valence-corrected chi connectivity index (χ3v) is 5.65. The van der Waals surface area contributed by atoms with Crippen molar-refractivity contribution in [3.63, 3.8) is 0 Å². The molecule has 3 aromatic rings. The number of aromatic nitrogens is 2. The van der Waals surface area contributed by atoms with Crippen molar-refractivity contribution in [2.45, 2.75) is 27.7 Å². The number of ether oxygens (including phenoxy) is 3. The molecule has 2 N–H and O–H groups in total. The molecule has 190 valence electrons. The van der Waals surface area contributed by atoms with Crippen LogP contribution in [0, 0.1) is 13.8 Å². The number of anilines is 4. The van der Waals surface area contributed by atoms with E-state index in [9.17, 15) is 4.79 Å². The van der Waals surface area contributed by atoms with Gasteiger partial charge in [-0.15, -0.1) is 0 Å². The molecule has 0 unspecified atom stereocenters. The van der Waals surface area contributed by atoms with E-state index in [1.54, 1.807) is 12.1 Å². The summed E-state index contributed by atoms with van der Waals surface area (Å²) in [4.78, 5) is 24.1. The van der Waals surface area contributed by atoms with Crippen LogP contribution in [0.3, 0.4) is 0 Å². The predicted molar refractivity (Wildman–Crippen MR) is 141 cm³/mol. The van der Waals surface area contributed by atoms with Crippen LogP contribution in [-0.4, -0.2) is 55.4 Å². The zero-order chi connectivity index (χ0) is 25.5. The van der Waals surface area contributed by atoms with E-state index in [4.69, 9.17) is 14.2 Å². The molecular weight excluding hydrogens is 458 g/mol. The number of morpholine rings is 1. The summed E-state index contributed by atoms with van der Waals surface area (Å²) >= 11 is 0. The Balaban J connectivity index is 1.53. The molecule has 9 heteroatoms. The fourth-order valence-electron chi connectivity index (χ4n) is 4.05. The summed E-state index contributed by atoms with van der Waals surface area (Å²) < 4.78 is 17.3. The minimum atomic E-state index is -0.244. The van der Waals surface area contributed by atoms with Crippen LogP contribution < -0.4 is 25.0 Å². The van der Waals surface area contributed by atoms with E-state index < -0.39 is 0 Å². The highest BCUT2D eigenvalue weighted by atomic mass is 16.5. The van der Waals surface area contributed by atoms with Crippen molar-refractivity contribution in [1.82, 2.24) is 9.97 Å². The first-order valence-electron chi connectivity index (χ1n) is 12.2. The average molecular weight is 492 g/mol. The third kappa shape index (κ3) is 6.23. The van der Waals surface area contributed by atoms with Gasteiger partial charge in [-0.25, -0.2) is 9.97 Å². The first-order valence-corrected chi connectivity index (χ1v) is 12.2. The van der Waals surface area contributed by atoms with Gasteiger partial charge in [-0.3, -0.25) is 4.79 Å². The Labute approximate surface area is 211 Å². The second-order valence-corrected chi connectivity index (χ2v) is 8.41. The molecule has 0 radical (unpaired) electrons. The highest BCUT2D eigenvalue weighted by Gasteiger charge is 2.21. The van der Waals surface area contributed by atoms with Crippen LogP contribution in [0.1, 0.15) is 35.6 Å². The molecule has 0 saturated carbocycles. The van der Waals surface area contributed by atoms with Gasteiger partial charge >= 0.3 is 0 Å². The Morgan fingerprint density at radius 1 is 0.944 bits per heavy atom. The molecule has 2 heterocycles. The molecule has 0 bridgehead atoms. The lowest BCUT2D eigenvalue weighted by Crippen LogP contribution is -2.36. The summed E-state index contributed by atoms with van der Waals surface area (Å²) in [5.41, 5.74) is 4.58. The van der Waals surface area contributed by atoms with Gasteiger partial charge in [0.1, 0.15) is 11.5 Å². The van der Waals surface area contributed by atoms with Gasteiger partial charge in [-0.1, -0.05) is 0 Å². The van der Waals surface area contributed by atoms with Crippen molar-refractivity contribution in [3.8, 4) is 11.5 Å². The van der Waals surface area contributed by atoms with Gasteiger partial charge in [0.05, 0.1) is 37.8 Å². The number of nitrogens with one attached hydrogen (secondary N) is 2. The third-order valence-electron chi connectivity index (χ3n) is 5.65. The summed E-state index contributed by atoms with van der Waals surface area (Å²) in [5.74, 6) is 1.58. The summed E-state index contributed by atoms with van der Waals surface area (Å²) in [6.07, 6.45) is 0. The number of nitrogens with zero attached hydrogens (tertiary/aromatic N) is 3. The number of benzene rings is 2. The van der Waals surface area contributed by atoms with Crippen molar-refractivity contribution < 1.29 is 19.0 Å². The molecule has 1 amide bonds. The number of carbonyl (C=O) groups excluding carboxylic acids is 1. The van der Waals surface area contributed by atoms with Crippen LogP contribution in [0.15, 0.2) is 42.5 Å². The zero-order valence-electron chi connectivity index (χ0n) is 21.3. The standard InChI is InChI=1S/C27H33N5O4/c1-5-35-24-17-23(32-11-13-34-14-12-32)25(36-6-2)16-22(24)31-26(33)20-7-9-21(10-8-20)30-27-28-18(3)15-19(4)29-27/h7-10,15-17H,5-6,11-14H2,1-4H3,(H,31,33)(H,28,29,30). The van der Waals surface area contributed by atoms with Gasteiger partial charge in [-0.05, 0) is 58.0 Å². The maximum Gasteiger partial charge on any atom is 0.255 e. The molecule has 0 aliphatic carbocycles. The average Bonchev–Trinajstić information content (AvgIpc) is 2.86. The lowest BCUT2D eigenvalue weighted by molar-refractivity contribution is 0.102. The van der Waals surface area contributed by atoms with E-state index in [2.05, 4.69) is 25.5 Å². The Morgan fingerprint density at radius 3 is 2.22 bits per heavy atom. The Kier molecular flexibility index (Phi) is 8.22. The number of amides is 1. The van der Waals surface area contributed by atoms with Crippen molar-refractivity contribution in [2.75, 3.05) is 55.1 Å². The Morgan fingerprint density at radius 2 is 1.58 bits per heavy atom. The molecule has 9 nitrogen and oxygen atoms in total. The second kappa shape index (κ2) is 11.7. The number of aryl methyl sites for hydroxylation is 2. The van der Waals surface area contributed by atoms with Gasteiger partial charge in [0, 0.05) is 47.9 Å². The molecule has 36 heavy (non-hydrogen) atoms. The number of hydrogen-bond donors (Lipinski definition) is 2. The van der Waals surface area contributed by atoms with Crippen molar-refractivity contribution in [1.29, 1.82) is 0 Å². The Hall–Kier alpha value is -3.85. The largest absolute Gasteiger partial charge is 0.492 e. The molecule has 1 aromatic heterocycles. The number of hydrogen-bond acceptors (Lipinski definition) is 8. The fraction of sp³-hybridized carbons (Fsp3) is 0.370. The maximum absolute atomic E-state index is 13.1. The monoisotopic (exact) mass is 491 g/mol. The van der Waals surface area contributed by atoms with E-state index in [1.807, 2.05) is 58.0 Å². The SMILES string of the molecule is CCOc1cc(N2CCOCC2)c(OCC)cc1NC(=O)c1ccc(Nc2nc(C)cc(C)n2)cc1. The van der Waals surface area contributed by atoms with Crippen LogP contribution in [-0.2, 0) is 4.74 Å². The van der Waals surface area contributed by atoms with Crippen LogP contribution in [0.5, 0.6) is 11.5 Å². The molecule has 1 saturated heterocycles. The van der Waals surface area contributed by atoms with E-state index in [1.165, 1.54) is 0 Å². The van der Waals surface area contributed by atoms with Crippen molar-refractivity contribution >= 4 is 28.9 Å². The van der Waals surface area contributed by atoms with E-state index >= 15 is 0 Å². The lowest BCUT2D eigenvalue weighted by Gasteiger charge is -2.31. The number of rotatable bonds is 9. The first-order chi connectivity index (χ1) is 17.5. The molecule has 1 aliphatic rings. The van der Waals surface area contributed by atoms with Crippen LogP contribution in [0.25, 0.3) is 0 Å². The molecule has 0 atom stereocenters. The quantitative estimate of drug-likeness (QED) is 0.444. The van der Waals surface area contributed by atoms with Gasteiger partial charge in [0.15, 0.2) is 0 Å². The van der Waals surface area contributed by atoms with Crippen LogP contribution >= 0.6 is 0 Å². The normalized spacial score (nSPS) is 13.3. The molecule has 4 rings (SSSR count). The van der Waals surface area contributed by atoms with Crippen molar-refractivity contribution in [2.24, 2.45) is 0 Å².